The summed E-state index contributed by atoms with van der Waals surface area (Å²) in [6.45, 7) is 9.83. The molecule has 61 heavy (non-hydrogen) atoms. The molecule has 1 unspecified atom stereocenters. The summed E-state index contributed by atoms with van der Waals surface area (Å²) in [7, 11) is 3.06. The van der Waals surface area contributed by atoms with Crippen molar-refractivity contribution in [3.8, 4) is 11.5 Å². The lowest BCUT2D eigenvalue weighted by molar-refractivity contribution is -0.137. The van der Waals surface area contributed by atoms with Crippen molar-refractivity contribution in [1.29, 1.82) is 0 Å². The van der Waals surface area contributed by atoms with Crippen LogP contribution < -0.4 is 40.8 Å². The second kappa shape index (κ2) is 17.6. The van der Waals surface area contributed by atoms with Gasteiger partial charge < -0.3 is 39.4 Å². The average Bonchev–Trinajstić information content (AvgIpc) is 3.60. The second-order valence-electron chi connectivity index (χ2n) is 16.3. The largest absolute Gasteiger partial charge is 0.496 e. The summed E-state index contributed by atoms with van der Waals surface area (Å²) in [6.07, 6.45) is 4.14. The maximum Gasteiger partial charge on any atom is 0.293 e. The van der Waals surface area contributed by atoms with Crippen molar-refractivity contribution < 1.29 is 28.7 Å². The van der Waals surface area contributed by atoms with Gasteiger partial charge in [-0.15, -0.1) is 0 Å². The number of anilines is 4. The van der Waals surface area contributed by atoms with Gasteiger partial charge in [0.2, 0.25) is 17.8 Å². The molecular formula is C43H51ClN10O7. The minimum absolute atomic E-state index is 0.0886. The topological polar surface area (TPSA) is 184 Å². The molecule has 0 saturated carbocycles. The summed E-state index contributed by atoms with van der Waals surface area (Å²) in [6, 6.07) is 10.3. The number of piperazine rings is 1. The van der Waals surface area contributed by atoms with Gasteiger partial charge in [0.15, 0.2) is 18.2 Å². The van der Waals surface area contributed by atoms with Crippen LogP contribution in [0.2, 0.25) is 5.02 Å². The van der Waals surface area contributed by atoms with Crippen LogP contribution in [0.4, 0.5) is 23.1 Å². The number of benzene rings is 2. The molecule has 3 saturated heterocycles. The minimum Gasteiger partial charge on any atom is -0.496 e. The molecule has 3 fully saturated rings. The number of ether oxygens (including phenoxy) is 2. The Morgan fingerprint density at radius 2 is 1.74 bits per heavy atom. The van der Waals surface area contributed by atoms with Gasteiger partial charge >= 0.3 is 0 Å². The molecule has 0 aliphatic carbocycles. The molecule has 2 aromatic carbocycles. The fraction of sp³-hybridized carbons (Fsp3) is 0.465. The van der Waals surface area contributed by atoms with Crippen molar-refractivity contribution in [3.05, 3.63) is 69.1 Å². The van der Waals surface area contributed by atoms with Gasteiger partial charge in [0.05, 0.1) is 24.4 Å². The number of aromatic nitrogens is 3. The van der Waals surface area contributed by atoms with Crippen molar-refractivity contribution in [3.63, 3.8) is 0 Å². The first-order valence-electron chi connectivity index (χ1n) is 20.8. The number of imide groups is 1. The Morgan fingerprint density at radius 3 is 2.44 bits per heavy atom. The van der Waals surface area contributed by atoms with Crippen molar-refractivity contribution >= 4 is 69.3 Å². The van der Waals surface area contributed by atoms with E-state index in [-0.39, 0.29) is 48.1 Å². The summed E-state index contributed by atoms with van der Waals surface area (Å²) in [4.78, 5) is 81.3. The molecule has 17 nitrogen and oxygen atoms in total. The molecule has 0 radical (unpaired) electrons. The van der Waals surface area contributed by atoms with E-state index in [9.17, 15) is 24.0 Å². The highest BCUT2D eigenvalue weighted by atomic mass is 35.5. The third kappa shape index (κ3) is 8.53. The molecule has 1 atom stereocenters. The number of carbonyl (C=O) groups excluding carboxylic acids is 4. The van der Waals surface area contributed by atoms with E-state index in [4.69, 9.17) is 26.1 Å². The number of nitrogens with one attached hydrogen (secondary N) is 3. The number of halogens is 1. The molecule has 3 N–H and O–H groups in total. The molecule has 2 aromatic heterocycles. The first-order valence-corrected chi connectivity index (χ1v) is 21.2. The van der Waals surface area contributed by atoms with Crippen LogP contribution >= 0.6 is 11.6 Å². The van der Waals surface area contributed by atoms with E-state index >= 15 is 0 Å². The first-order chi connectivity index (χ1) is 29.4. The first kappa shape index (κ1) is 41.8. The molecular weight excluding hydrogens is 804 g/mol. The molecule has 6 heterocycles. The highest BCUT2D eigenvalue weighted by Crippen LogP contribution is 2.40. The predicted molar refractivity (Wildman–Crippen MR) is 231 cm³/mol. The monoisotopic (exact) mass is 854 g/mol. The van der Waals surface area contributed by atoms with Gasteiger partial charge in [0.25, 0.3) is 17.4 Å². The molecule has 4 aromatic rings. The third-order valence-corrected chi connectivity index (χ3v) is 12.4. The van der Waals surface area contributed by atoms with E-state index in [1.165, 1.54) is 7.05 Å². The number of hydrogen-bond donors (Lipinski definition) is 3. The van der Waals surface area contributed by atoms with Crippen LogP contribution in [0.5, 0.6) is 11.5 Å². The van der Waals surface area contributed by atoms with Crippen LogP contribution in [0.3, 0.4) is 0 Å². The maximum absolute atomic E-state index is 13.7. The normalized spacial score (nSPS) is 18.8. The van der Waals surface area contributed by atoms with Gasteiger partial charge in [0.1, 0.15) is 16.8 Å². The average molecular weight is 855 g/mol. The van der Waals surface area contributed by atoms with Gasteiger partial charge in [0, 0.05) is 94.2 Å². The smallest absolute Gasteiger partial charge is 0.293 e. The minimum atomic E-state index is -0.685. The summed E-state index contributed by atoms with van der Waals surface area (Å²) < 4.78 is 12.9. The highest BCUT2D eigenvalue weighted by Gasteiger charge is 2.42. The van der Waals surface area contributed by atoms with E-state index < -0.39 is 11.9 Å². The van der Waals surface area contributed by atoms with Crippen molar-refractivity contribution in [2.45, 2.75) is 58.2 Å². The predicted octanol–water partition coefficient (Wildman–Crippen LogP) is 3.70. The molecule has 322 valence electrons. The Labute approximate surface area is 358 Å². The van der Waals surface area contributed by atoms with Crippen LogP contribution in [0.15, 0.2) is 47.4 Å². The standard InChI is InChI=1S/C43H51ClN10O7/c1-25(2)54-31-6-5-28(19-27(31)20-35(41(54)58)61-24-37(56)45-3)47-39-30(44)21-46-43(49-39)52-17-15-50(16-18-52)22-26-11-13-51(14-12-26)32-7-9-34(60-4)38-29(32)23-53(42(38)59)33-8-10-36(55)48-40(33)57/h5-7,9,19-21,25-26,33H,8,10-18,22-24H2,1-4H3,(H,45,56)(H,46,47,49)(H,48,55,57). The van der Waals surface area contributed by atoms with Crippen molar-refractivity contribution in [1.82, 2.24) is 35.0 Å². The third-order valence-electron chi connectivity index (χ3n) is 12.1. The molecule has 4 amide bonds. The summed E-state index contributed by atoms with van der Waals surface area (Å²) in [5, 5.41) is 9.34. The van der Waals surface area contributed by atoms with Crippen LogP contribution in [0.25, 0.3) is 10.9 Å². The fourth-order valence-electron chi connectivity index (χ4n) is 8.91. The van der Waals surface area contributed by atoms with Crippen LogP contribution in [0.1, 0.15) is 61.5 Å². The number of likely N-dealkylation sites (N-methyl/N-ethyl adjacent to an activating group) is 1. The van der Waals surface area contributed by atoms with E-state index in [0.29, 0.717) is 52.7 Å². The van der Waals surface area contributed by atoms with Crippen molar-refractivity contribution in [2.24, 2.45) is 5.92 Å². The number of amides is 4. The second-order valence-corrected chi connectivity index (χ2v) is 16.7. The lowest BCUT2D eigenvalue weighted by Crippen LogP contribution is -2.52. The Morgan fingerprint density at radius 1 is 0.967 bits per heavy atom. The van der Waals surface area contributed by atoms with E-state index in [1.54, 1.807) is 28.8 Å². The number of pyridine rings is 1. The number of hydrogen-bond acceptors (Lipinski definition) is 13. The summed E-state index contributed by atoms with van der Waals surface area (Å²) >= 11 is 6.61. The molecule has 18 heteroatoms. The Balaban J connectivity index is 0.873. The summed E-state index contributed by atoms with van der Waals surface area (Å²) in [5.74, 6) is 0.847. The molecule has 0 bridgehead atoms. The zero-order chi connectivity index (χ0) is 42.9. The number of rotatable bonds is 12. The van der Waals surface area contributed by atoms with Gasteiger partial charge in [-0.1, -0.05) is 11.6 Å². The molecule has 4 aliphatic heterocycles. The van der Waals surface area contributed by atoms with Crippen LogP contribution in [-0.4, -0.2) is 121 Å². The van der Waals surface area contributed by atoms with E-state index in [2.05, 4.69) is 35.6 Å². The van der Waals surface area contributed by atoms with Gasteiger partial charge in [-0.3, -0.25) is 34.2 Å². The van der Waals surface area contributed by atoms with Crippen LogP contribution in [-0.2, 0) is 20.9 Å². The number of nitrogens with zero attached hydrogens (tertiary/aromatic N) is 7. The SMILES string of the molecule is CNC(=O)COc1cc2cc(Nc3nc(N4CCN(CC5CCN(c6ccc(OC)c7c6CN(C6CCC(=O)NC6=O)C7=O)CC5)CC4)ncc3Cl)ccc2n(C(C)C)c1=O. The lowest BCUT2D eigenvalue weighted by Gasteiger charge is -2.39. The Kier molecular flexibility index (Phi) is 12.0. The van der Waals surface area contributed by atoms with E-state index in [0.717, 1.165) is 80.8 Å². The van der Waals surface area contributed by atoms with Gasteiger partial charge in [-0.05, 0) is 75.4 Å². The van der Waals surface area contributed by atoms with Crippen molar-refractivity contribution in [2.75, 3.05) is 81.7 Å². The zero-order valence-corrected chi connectivity index (χ0v) is 35.6. The lowest BCUT2D eigenvalue weighted by atomic mass is 9.94. The highest BCUT2D eigenvalue weighted by molar-refractivity contribution is 6.33. The fourth-order valence-corrected chi connectivity index (χ4v) is 9.05. The quantitative estimate of drug-likeness (QED) is 0.176. The number of carbonyl (C=O) groups is 4. The van der Waals surface area contributed by atoms with Crippen LogP contribution in [0, 0.1) is 5.92 Å². The molecule has 8 rings (SSSR count). The molecule has 4 aliphatic rings. The Hall–Kier alpha value is -5.94. The summed E-state index contributed by atoms with van der Waals surface area (Å²) in [5.41, 5.74) is 3.51. The zero-order valence-electron chi connectivity index (χ0n) is 34.8. The number of fused-ring (bicyclic) bond motifs is 2. The maximum atomic E-state index is 13.7. The number of methoxy groups -OCH3 is 1. The van der Waals surface area contributed by atoms with Gasteiger partial charge in [-0.25, -0.2) is 4.98 Å². The Bertz CT molecular complexity index is 2430. The molecule has 0 spiro atoms. The number of piperidine rings is 2. The van der Waals surface area contributed by atoms with Gasteiger partial charge in [-0.2, -0.15) is 4.98 Å². The van der Waals surface area contributed by atoms with E-state index in [1.807, 2.05) is 44.2 Å².